The number of thiophene rings is 1. The Balaban J connectivity index is 2.63. The van der Waals surface area contributed by atoms with Crippen LogP contribution in [0.25, 0.3) is 6.08 Å². The Morgan fingerprint density at radius 2 is 2.26 bits per heavy atom. The van der Waals surface area contributed by atoms with Crippen LogP contribution in [-0.2, 0) is 20.9 Å². The van der Waals surface area contributed by atoms with Gasteiger partial charge in [-0.05, 0) is 30.0 Å². The molecular formula is C13H17NO4S. The SMILES string of the molecule is COC(C)C(=O)N(C)Cc1cc(/C=C/C(=O)O)cs1. The third kappa shape index (κ3) is 4.84. The normalized spacial score (nSPS) is 12.6. The largest absolute Gasteiger partial charge is 0.478 e. The van der Waals surface area contributed by atoms with Gasteiger partial charge in [-0.1, -0.05) is 0 Å². The summed E-state index contributed by atoms with van der Waals surface area (Å²) in [5.41, 5.74) is 0.822. The highest BCUT2D eigenvalue weighted by atomic mass is 32.1. The van der Waals surface area contributed by atoms with E-state index in [-0.39, 0.29) is 5.91 Å². The second kappa shape index (κ2) is 7.06. The molecule has 0 bridgehead atoms. The lowest BCUT2D eigenvalue weighted by molar-refractivity contribution is -0.140. The van der Waals surface area contributed by atoms with Crippen LogP contribution in [-0.4, -0.2) is 42.1 Å². The predicted octanol–water partition coefficient (Wildman–Crippen LogP) is 1.84. The first-order valence-corrected chi connectivity index (χ1v) is 6.58. The summed E-state index contributed by atoms with van der Waals surface area (Å²) in [6, 6.07) is 1.87. The van der Waals surface area contributed by atoms with E-state index in [0.717, 1.165) is 16.5 Å². The highest BCUT2D eigenvalue weighted by molar-refractivity contribution is 7.10. The molecule has 1 N–H and O–H groups in total. The van der Waals surface area contributed by atoms with Gasteiger partial charge in [0.15, 0.2) is 0 Å². The van der Waals surface area contributed by atoms with E-state index >= 15 is 0 Å². The molecule has 0 aromatic carbocycles. The molecular weight excluding hydrogens is 266 g/mol. The fourth-order valence-electron chi connectivity index (χ4n) is 1.46. The lowest BCUT2D eigenvalue weighted by Crippen LogP contribution is -2.35. The van der Waals surface area contributed by atoms with Gasteiger partial charge in [0.25, 0.3) is 5.91 Å². The number of amides is 1. The minimum atomic E-state index is -0.978. The number of carboxylic acids is 1. The van der Waals surface area contributed by atoms with Gasteiger partial charge in [0.05, 0.1) is 6.54 Å². The molecule has 1 amide bonds. The number of carboxylic acid groups (broad SMARTS) is 1. The number of nitrogens with zero attached hydrogens (tertiary/aromatic N) is 1. The zero-order valence-corrected chi connectivity index (χ0v) is 11.9. The number of ether oxygens (including phenoxy) is 1. The lowest BCUT2D eigenvalue weighted by Gasteiger charge is -2.19. The molecule has 0 aliphatic heterocycles. The number of rotatable bonds is 6. The van der Waals surface area contributed by atoms with Crippen molar-refractivity contribution in [3.63, 3.8) is 0 Å². The van der Waals surface area contributed by atoms with Crippen LogP contribution in [0.1, 0.15) is 17.4 Å². The van der Waals surface area contributed by atoms with Gasteiger partial charge < -0.3 is 14.7 Å². The molecule has 6 heteroatoms. The summed E-state index contributed by atoms with van der Waals surface area (Å²) in [6.45, 7) is 2.19. The van der Waals surface area contributed by atoms with Crippen molar-refractivity contribution in [3.8, 4) is 0 Å². The van der Waals surface area contributed by atoms with E-state index in [1.54, 1.807) is 18.9 Å². The standard InChI is InChI=1S/C13H17NO4S/c1-9(18-3)13(17)14(2)7-11-6-10(8-19-11)4-5-12(15)16/h4-6,8-9H,7H2,1-3H3,(H,15,16)/b5-4+. The molecule has 19 heavy (non-hydrogen) atoms. The number of methoxy groups -OCH3 is 1. The second-order valence-corrected chi connectivity index (χ2v) is 5.09. The summed E-state index contributed by atoms with van der Waals surface area (Å²) < 4.78 is 4.98. The number of hydrogen-bond acceptors (Lipinski definition) is 4. The van der Waals surface area contributed by atoms with Crippen LogP contribution in [0.4, 0.5) is 0 Å². The molecule has 1 aromatic heterocycles. The zero-order valence-electron chi connectivity index (χ0n) is 11.1. The van der Waals surface area contributed by atoms with Crippen molar-refractivity contribution in [1.29, 1.82) is 0 Å². The van der Waals surface area contributed by atoms with Gasteiger partial charge in [0.2, 0.25) is 0 Å². The number of carbonyl (C=O) groups excluding carboxylic acids is 1. The van der Waals surface area contributed by atoms with Gasteiger partial charge in [-0.2, -0.15) is 0 Å². The maximum atomic E-state index is 11.8. The number of carbonyl (C=O) groups is 2. The van der Waals surface area contributed by atoms with Gasteiger partial charge in [-0.15, -0.1) is 11.3 Å². The van der Waals surface area contributed by atoms with Crippen LogP contribution < -0.4 is 0 Å². The molecule has 0 fully saturated rings. The molecule has 0 aliphatic carbocycles. The van der Waals surface area contributed by atoms with Crippen LogP contribution in [0.15, 0.2) is 17.5 Å². The maximum absolute atomic E-state index is 11.8. The van der Waals surface area contributed by atoms with E-state index in [4.69, 9.17) is 9.84 Å². The Morgan fingerprint density at radius 1 is 1.58 bits per heavy atom. The third-order valence-electron chi connectivity index (χ3n) is 2.56. The summed E-state index contributed by atoms with van der Waals surface area (Å²) >= 11 is 1.49. The van der Waals surface area contributed by atoms with E-state index in [1.165, 1.54) is 24.5 Å². The molecule has 1 rings (SSSR count). The summed E-state index contributed by atoms with van der Waals surface area (Å²) in [4.78, 5) is 24.8. The minimum Gasteiger partial charge on any atom is -0.478 e. The Labute approximate surface area is 116 Å². The molecule has 0 radical (unpaired) electrons. The lowest BCUT2D eigenvalue weighted by atomic mass is 10.2. The van der Waals surface area contributed by atoms with E-state index in [1.807, 2.05) is 11.4 Å². The predicted molar refractivity (Wildman–Crippen MR) is 73.9 cm³/mol. The van der Waals surface area contributed by atoms with Gasteiger partial charge in [0.1, 0.15) is 6.10 Å². The van der Waals surface area contributed by atoms with Crippen LogP contribution in [0.5, 0.6) is 0 Å². The fraction of sp³-hybridized carbons (Fsp3) is 0.385. The smallest absolute Gasteiger partial charge is 0.328 e. The Morgan fingerprint density at radius 3 is 2.84 bits per heavy atom. The van der Waals surface area contributed by atoms with Crippen molar-refractivity contribution in [1.82, 2.24) is 4.90 Å². The Kier molecular flexibility index (Phi) is 5.72. The molecule has 0 spiro atoms. The molecule has 0 saturated heterocycles. The quantitative estimate of drug-likeness (QED) is 0.809. The second-order valence-electron chi connectivity index (χ2n) is 4.09. The van der Waals surface area contributed by atoms with Crippen LogP contribution in [0.2, 0.25) is 0 Å². The van der Waals surface area contributed by atoms with Gasteiger partial charge >= 0.3 is 5.97 Å². The van der Waals surface area contributed by atoms with Crippen molar-refractivity contribution in [2.24, 2.45) is 0 Å². The maximum Gasteiger partial charge on any atom is 0.328 e. The molecule has 1 unspecified atom stereocenters. The molecule has 104 valence electrons. The van der Waals surface area contributed by atoms with Crippen LogP contribution in [0.3, 0.4) is 0 Å². The van der Waals surface area contributed by atoms with E-state index in [0.29, 0.717) is 6.54 Å². The van der Waals surface area contributed by atoms with E-state index < -0.39 is 12.1 Å². The van der Waals surface area contributed by atoms with E-state index in [9.17, 15) is 9.59 Å². The number of aliphatic carboxylic acids is 1. The van der Waals surface area contributed by atoms with Crippen molar-refractivity contribution >= 4 is 29.3 Å². The summed E-state index contributed by atoms with van der Waals surface area (Å²) in [6.07, 6.45) is 2.16. The average molecular weight is 283 g/mol. The van der Waals surface area contributed by atoms with Crippen molar-refractivity contribution in [3.05, 3.63) is 28.0 Å². The first-order chi connectivity index (χ1) is 8.93. The van der Waals surface area contributed by atoms with Gasteiger partial charge in [-0.3, -0.25) is 4.79 Å². The van der Waals surface area contributed by atoms with Crippen LogP contribution >= 0.6 is 11.3 Å². The Hall–Kier alpha value is -1.66. The third-order valence-corrected chi connectivity index (χ3v) is 3.50. The first-order valence-electron chi connectivity index (χ1n) is 5.70. The molecule has 1 heterocycles. The van der Waals surface area contributed by atoms with Gasteiger partial charge in [0, 0.05) is 25.1 Å². The van der Waals surface area contributed by atoms with Gasteiger partial charge in [-0.25, -0.2) is 4.79 Å². The van der Waals surface area contributed by atoms with E-state index in [2.05, 4.69) is 0 Å². The summed E-state index contributed by atoms with van der Waals surface area (Å²) in [7, 11) is 3.21. The summed E-state index contributed by atoms with van der Waals surface area (Å²) in [5, 5.41) is 10.4. The van der Waals surface area contributed by atoms with Crippen molar-refractivity contribution < 1.29 is 19.4 Å². The number of likely N-dealkylation sites (N-methyl/N-ethyl adjacent to an activating group) is 1. The topological polar surface area (TPSA) is 66.8 Å². The minimum absolute atomic E-state index is 0.0847. The fourth-order valence-corrected chi connectivity index (χ4v) is 2.36. The Bertz CT molecular complexity index is 481. The first kappa shape index (κ1) is 15.4. The monoisotopic (exact) mass is 283 g/mol. The molecule has 5 nitrogen and oxygen atoms in total. The molecule has 0 aliphatic rings. The molecule has 0 saturated carbocycles. The summed E-state index contributed by atoms with van der Waals surface area (Å²) in [5.74, 6) is -1.06. The average Bonchev–Trinajstić information content (AvgIpc) is 2.82. The molecule has 1 aromatic rings. The number of hydrogen-bond donors (Lipinski definition) is 1. The highest BCUT2D eigenvalue weighted by Crippen LogP contribution is 2.18. The van der Waals surface area contributed by atoms with Crippen molar-refractivity contribution in [2.75, 3.05) is 14.2 Å². The molecule has 1 atom stereocenters. The van der Waals surface area contributed by atoms with Crippen LogP contribution in [0, 0.1) is 0 Å². The van der Waals surface area contributed by atoms with Crippen molar-refractivity contribution in [2.45, 2.75) is 19.6 Å². The highest BCUT2D eigenvalue weighted by Gasteiger charge is 2.17. The zero-order chi connectivity index (χ0) is 14.4.